The van der Waals surface area contributed by atoms with Crippen LogP contribution in [0.1, 0.15) is 5.56 Å². The number of para-hydroxylation sites is 1. The molecule has 0 aliphatic carbocycles. The summed E-state index contributed by atoms with van der Waals surface area (Å²) in [6.45, 7) is 1.99. The van der Waals surface area contributed by atoms with E-state index in [1.165, 1.54) is 23.9 Å². The van der Waals surface area contributed by atoms with Crippen molar-refractivity contribution in [2.24, 2.45) is 0 Å². The molecule has 3 aromatic rings. The van der Waals surface area contributed by atoms with Crippen LogP contribution in [0.5, 0.6) is 0 Å². The van der Waals surface area contributed by atoms with Gasteiger partial charge in [-0.1, -0.05) is 54.1 Å². The Labute approximate surface area is 163 Å². The van der Waals surface area contributed by atoms with Crippen molar-refractivity contribution in [2.45, 2.75) is 16.7 Å². The SMILES string of the molecule is Cc1ccc(SCC(=O)N(c2ccccc2)S(=O)(=O)c2ccccc2)cc1. The van der Waals surface area contributed by atoms with Crippen molar-refractivity contribution >= 4 is 33.4 Å². The van der Waals surface area contributed by atoms with Crippen molar-refractivity contribution in [1.29, 1.82) is 0 Å². The van der Waals surface area contributed by atoms with Crippen LogP contribution >= 0.6 is 11.8 Å². The Bertz CT molecular complexity index is 1000. The minimum Gasteiger partial charge on any atom is -0.272 e. The van der Waals surface area contributed by atoms with Crippen molar-refractivity contribution in [2.75, 3.05) is 10.1 Å². The molecule has 0 fully saturated rings. The Hall–Kier alpha value is -2.57. The van der Waals surface area contributed by atoms with E-state index in [1.54, 1.807) is 48.5 Å². The van der Waals surface area contributed by atoms with Gasteiger partial charge in [-0.05, 0) is 43.3 Å². The maximum Gasteiger partial charge on any atom is 0.270 e. The first-order valence-corrected chi connectivity index (χ1v) is 10.8. The van der Waals surface area contributed by atoms with Gasteiger partial charge in [0.2, 0.25) is 0 Å². The number of rotatable bonds is 6. The fourth-order valence-corrected chi connectivity index (χ4v) is 4.79. The Morgan fingerprint density at radius 3 is 2.00 bits per heavy atom. The van der Waals surface area contributed by atoms with Gasteiger partial charge in [-0.3, -0.25) is 4.79 Å². The molecule has 27 heavy (non-hydrogen) atoms. The maximum absolute atomic E-state index is 13.1. The molecule has 0 saturated heterocycles. The molecule has 0 saturated carbocycles. The lowest BCUT2D eigenvalue weighted by molar-refractivity contribution is -0.115. The molecule has 0 bridgehead atoms. The van der Waals surface area contributed by atoms with Gasteiger partial charge in [-0.2, -0.15) is 0 Å². The summed E-state index contributed by atoms with van der Waals surface area (Å²) in [6.07, 6.45) is 0. The molecule has 0 aromatic heterocycles. The molecule has 0 radical (unpaired) electrons. The number of hydrogen-bond donors (Lipinski definition) is 0. The number of sulfonamides is 1. The molecule has 4 nitrogen and oxygen atoms in total. The monoisotopic (exact) mass is 397 g/mol. The zero-order valence-electron chi connectivity index (χ0n) is 14.8. The number of hydrogen-bond acceptors (Lipinski definition) is 4. The number of carbonyl (C=O) groups is 1. The van der Waals surface area contributed by atoms with Gasteiger partial charge in [-0.25, -0.2) is 12.7 Å². The van der Waals surface area contributed by atoms with E-state index >= 15 is 0 Å². The number of benzene rings is 3. The highest BCUT2D eigenvalue weighted by molar-refractivity contribution is 8.00. The van der Waals surface area contributed by atoms with Crippen molar-refractivity contribution in [3.05, 3.63) is 90.5 Å². The fraction of sp³-hybridized carbons (Fsp3) is 0.0952. The Balaban J connectivity index is 1.90. The van der Waals surface area contributed by atoms with E-state index in [0.29, 0.717) is 5.69 Å². The topological polar surface area (TPSA) is 54.5 Å². The third-order valence-electron chi connectivity index (χ3n) is 3.88. The second-order valence-electron chi connectivity index (χ2n) is 5.91. The first kappa shape index (κ1) is 19.2. The molecule has 0 atom stereocenters. The molecule has 0 spiro atoms. The van der Waals surface area contributed by atoms with E-state index < -0.39 is 15.9 Å². The Morgan fingerprint density at radius 2 is 1.41 bits per heavy atom. The van der Waals surface area contributed by atoms with Crippen LogP contribution in [0.2, 0.25) is 0 Å². The van der Waals surface area contributed by atoms with Gasteiger partial charge in [0.25, 0.3) is 15.9 Å². The zero-order valence-corrected chi connectivity index (χ0v) is 16.4. The molecule has 0 aliphatic rings. The standard InChI is InChI=1S/C21H19NO3S2/c1-17-12-14-19(15-13-17)26-16-21(23)22(18-8-4-2-5-9-18)27(24,25)20-10-6-3-7-11-20/h2-15H,16H2,1H3. The lowest BCUT2D eigenvalue weighted by atomic mass is 10.2. The van der Waals surface area contributed by atoms with Crippen LogP contribution in [0.3, 0.4) is 0 Å². The molecular weight excluding hydrogens is 378 g/mol. The molecule has 0 unspecified atom stereocenters. The van der Waals surface area contributed by atoms with E-state index in [9.17, 15) is 13.2 Å². The second-order valence-corrected chi connectivity index (χ2v) is 8.75. The lowest BCUT2D eigenvalue weighted by Gasteiger charge is -2.22. The summed E-state index contributed by atoms with van der Waals surface area (Å²) in [5, 5.41) is 0. The predicted molar refractivity (Wildman–Crippen MR) is 109 cm³/mol. The second kappa shape index (κ2) is 8.41. The molecule has 6 heteroatoms. The maximum atomic E-state index is 13.1. The van der Waals surface area contributed by atoms with Gasteiger partial charge >= 0.3 is 0 Å². The quantitative estimate of drug-likeness (QED) is 0.574. The highest BCUT2D eigenvalue weighted by Gasteiger charge is 2.30. The van der Waals surface area contributed by atoms with Crippen molar-refractivity contribution in [3.63, 3.8) is 0 Å². The summed E-state index contributed by atoms with van der Waals surface area (Å²) < 4.78 is 27.1. The summed E-state index contributed by atoms with van der Waals surface area (Å²) >= 11 is 1.32. The summed E-state index contributed by atoms with van der Waals surface area (Å²) in [4.78, 5) is 13.9. The van der Waals surface area contributed by atoms with Crippen molar-refractivity contribution in [3.8, 4) is 0 Å². The molecule has 0 heterocycles. The minimum atomic E-state index is -3.99. The van der Waals surface area contributed by atoms with Gasteiger partial charge in [0, 0.05) is 4.90 Å². The van der Waals surface area contributed by atoms with Crippen LogP contribution in [0.4, 0.5) is 5.69 Å². The largest absolute Gasteiger partial charge is 0.272 e. The number of aryl methyl sites for hydroxylation is 1. The molecule has 3 aromatic carbocycles. The van der Waals surface area contributed by atoms with Crippen LogP contribution in [0.25, 0.3) is 0 Å². The number of anilines is 1. The average Bonchev–Trinajstić information content (AvgIpc) is 2.69. The van der Waals surface area contributed by atoms with Crippen LogP contribution in [0, 0.1) is 6.92 Å². The van der Waals surface area contributed by atoms with E-state index in [2.05, 4.69) is 0 Å². The molecular formula is C21H19NO3S2. The van der Waals surface area contributed by atoms with Crippen LogP contribution in [-0.2, 0) is 14.8 Å². The number of nitrogens with zero attached hydrogens (tertiary/aromatic N) is 1. The Morgan fingerprint density at radius 1 is 0.852 bits per heavy atom. The first-order valence-electron chi connectivity index (χ1n) is 8.36. The van der Waals surface area contributed by atoms with Gasteiger partial charge in [0.15, 0.2) is 0 Å². The highest BCUT2D eigenvalue weighted by Crippen LogP contribution is 2.26. The average molecular weight is 398 g/mol. The van der Waals surface area contributed by atoms with Crippen LogP contribution in [-0.4, -0.2) is 20.1 Å². The molecule has 138 valence electrons. The third-order valence-corrected chi connectivity index (χ3v) is 6.64. The Kier molecular flexibility index (Phi) is 5.98. The fourth-order valence-electron chi connectivity index (χ4n) is 2.52. The van der Waals surface area contributed by atoms with E-state index in [1.807, 2.05) is 31.2 Å². The predicted octanol–water partition coefficient (Wildman–Crippen LogP) is 4.51. The summed E-state index contributed by atoms with van der Waals surface area (Å²) in [6, 6.07) is 24.2. The summed E-state index contributed by atoms with van der Waals surface area (Å²) in [7, 11) is -3.99. The first-order chi connectivity index (χ1) is 13.0. The molecule has 1 amide bonds. The summed E-state index contributed by atoms with van der Waals surface area (Å²) in [5.74, 6) is -0.472. The van der Waals surface area contributed by atoms with Crippen molar-refractivity contribution in [1.82, 2.24) is 0 Å². The zero-order chi connectivity index (χ0) is 19.3. The number of carbonyl (C=O) groups excluding carboxylic acids is 1. The minimum absolute atomic E-state index is 0.0179. The van der Waals surface area contributed by atoms with E-state index in [4.69, 9.17) is 0 Å². The van der Waals surface area contributed by atoms with Gasteiger partial charge in [0.05, 0.1) is 16.3 Å². The number of amides is 1. The third kappa shape index (κ3) is 4.59. The molecule has 0 N–H and O–H groups in total. The smallest absolute Gasteiger partial charge is 0.270 e. The van der Waals surface area contributed by atoms with Gasteiger partial charge in [-0.15, -0.1) is 11.8 Å². The van der Waals surface area contributed by atoms with Crippen LogP contribution in [0.15, 0.2) is 94.7 Å². The molecule has 0 aliphatic heterocycles. The number of thioether (sulfide) groups is 1. The lowest BCUT2D eigenvalue weighted by Crippen LogP contribution is -2.38. The normalized spacial score (nSPS) is 11.1. The van der Waals surface area contributed by atoms with Crippen LogP contribution < -0.4 is 4.31 Å². The van der Waals surface area contributed by atoms with Crippen molar-refractivity contribution < 1.29 is 13.2 Å². The highest BCUT2D eigenvalue weighted by atomic mass is 32.2. The molecule has 3 rings (SSSR count). The van der Waals surface area contributed by atoms with E-state index in [0.717, 1.165) is 14.8 Å². The summed E-state index contributed by atoms with van der Waals surface area (Å²) in [5.41, 5.74) is 1.46. The van der Waals surface area contributed by atoms with E-state index in [-0.39, 0.29) is 10.6 Å². The van der Waals surface area contributed by atoms with Gasteiger partial charge in [0.1, 0.15) is 0 Å². The van der Waals surface area contributed by atoms with Gasteiger partial charge < -0.3 is 0 Å².